The predicted octanol–water partition coefficient (Wildman–Crippen LogP) is 4.04. The van der Waals surface area contributed by atoms with Gasteiger partial charge in [0.15, 0.2) is 6.10 Å². The summed E-state index contributed by atoms with van der Waals surface area (Å²) in [5.41, 5.74) is 2.24. The molecular weight excluding hydrogens is 333 g/mol. The molecule has 5 nitrogen and oxygen atoms in total. The highest BCUT2D eigenvalue weighted by Crippen LogP contribution is 2.23. The number of benzene rings is 2. The molecule has 0 aliphatic carbocycles. The largest absolute Gasteiger partial charge is 0.364 e. The molecule has 0 unspecified atom stereocenters. The van der Waals surface area contributed by atoms with Crippen molar-refractivity contribution in [1.29, 1.82) is 0 Å². The highest BCUT2D eigenvalue weighted by molar-refractivity contribution is 5.95. The van der Waals surface area contributed by atoms with Gasteiger partial charge in [0.2, 0.25) is 0 Å². The maximum Gasteiger partial charge on any atom is 0.258 e. The first-order chi connectivity index (χ1) is 12.6. The summed E-state index contributed by atoms with van der Waals surface area (Å²) in [5, 5.41) is 7.03. The molecule has 0 spiro atoms. The topological polar surface area (TPSA) is 56.1 Å². The van der Waals surface area contributed by atoms with Crippen molar-refractivity contribution >= 4 is 11.6 Å². The summed E-state index contributed by atoms with van der Waals surface area (Å²) >= 11 is 0. The van der Waals surface area contributed by atoms with E-state index in [4.69, 9.17) is 4.74 Å². The molecule has 3 rings (SSSR count). The highest BCUT2D eigenvalue weighted by Gasteiger charge is 2.22. The average Bonchev–Trinajstić information content (AvgIpc) is 3.01. The summed E-state index contributed by atoms with van der Waals surface area (Å²) in [7, 11) is 0. The standard InChI is InChI=1S/C20H20FN3O2/c1-3-26-19(15-9-5-4-6-10-15)20(25)23-17-13-22-24(14(17)2)18-12-8-7-11-16(18)21/h4-13,19H,3H2,1-2H3,(H,23,25)/t19-/m1/s1. The molecule has 0 aliphatic rings. The molecular formula is C20H20FN3O2. The lowest BCUT2D eigenvalue weighted by Crippen LogP contribution is -2.23. The number of hydrogen-bond donors (Lipinski definition) is 1. The van der Waals surface area contributed by atoms with Crippen molar-refractivity contribution in [3.05, 3.63) is 77.9 Å². The zero-order valence-corrected chi connectivity index (χ0v) is 14.6. The number of nitrogens with zero attached hydrogens (tertiary/aromatic N) is 2. The van der Waals surface area contributed by atoms with Gasteiger partial charge in [0.1, 0.15) is 11.5 Å². The van der Waals surface area contributed by atoms with Crippen LogP contribution in [0.3, 0.4) is 0 Å². The van der Waals surface area contributed by atoms with Crippen LogP contribution in [0.4, 0.5) is 10.1 Å². The van der Waals surface area contributed by atoms with E-state index in [1.807, 2.05) is 37.3 Å². The maximum absolute atomic E-state index is 14.0. The van der Waals surface area contributed by atoms with E-state index < -0.39 is 6.10 Å². The first kappa shape index (κ1) is 17.8. The molecule has 26 heavy (non-hydrogen) atoms. The van der Waals surface area contributed by atoms with Crippen molar-refractivity contribution in [3.8, 4) is 5.69 Å². The molecule has 0 saturated heterocycles. The van der Waals surface area contributed by atoms with Crippen molar-refractivity contribution in [2.45, 2.75) is 20.0 Å². The molecule has 0 aliphatic heterocycles. The zero-order valence-electron chi connectivity index (χ0n) is 14.6. The molecule has 0 bridgehead atoms. The summed E-state index contributed by atoms with van der Waals surface area (Å²) in [6.45, 7) is 4.01. The molecule has 6 heteroatoms. The van der Waals surface area contributed by atoms with Gasteiger partial charge < -0.3 is 10.1 Å². The van der Waals surface area contributed by atoms with Crippen LogP contribution in [-0.4, -0.2) is 22.3 Å². The van der Waals surface area contributed by atoms with E-state index in [0.29, 0.717) is 23.7 Å². The number of anilines is 1. The predicted molar refractivity (Wildman–Crippen MR) is 97.7 cm³/mol. The molecule has 1 aromatic heterocycles. The number of amides is 1. The number of rotatable bonds is 6. The van der Waals surface area contributed by atoms with Crippen molar-refractivity contribution in [2.24, 2.45) is 0 Å². The van der Waals surface area contributed by atoms with Gasteiger partial charge in [-0.25, -0.2) is 9.07 Å². The second-order valence-corrected chi connectivity index (χ2v) is 5.74. The Morgan fingerprint density at radius 2 is 1.88 bits per heavy atom. The van der Waals surface area contributed by atoms with Crippen LogP contribution in [-0.2, 0) is 9.53 Å². The van der Waals surface area contributed by atoms with Gasteiger partial charge in [-0.2, -0.15) is 5.10 Å². The van der Waals surface area contributed by atoms with E-state index in [1.54, 1.807) is 25.1 Å². The van der Waals surface area contributed by atoms with Crippen LogP contribution in [0.15, 0.2) is 60.8 Å². The fourth-order valence-corrected chi connectivity index (χ4v) is 2.71. The second-order valence-electron chi connectivity index (χ2n) is 5.74. The van der Waals surface area contributed by atoms with E-state index >= 15 is 0 Å². The van der Waals surface area contributed by atoms with Crippen LogP contribution in [0.5, 0.6) is 0 Å². The second kappa shape index (κ2) is 7.93. The molecule has 1 amide bonds. The SMILES string of the molecule is CCO[C@@H](C(=O)Nc1cnn(-c2ccccc2F)c1C)c1ccccc1. The van der Waals surface area contributed by atoms with E-state index in [9.17, 15) is 9.18 Å². The monoisotopic (exact) mass is 353 g/mol. The molecule has 2 aromatic carbocycles. The molecule has 1 N–H and O–H groups in total. The summed E-state index contributed by atoms with van der Waals surface area (Å²) in [4.78, 5) is 12.7. The third-order valence-electron chi connectivity index (χ3n) is 4.02. The summed E-state index contributed by atoms with van der Waals surface area (Å²) in [5.74, 6) is -0.678. The Kier molecular flexibility index (Phi) is 5.43. The molecule has 1 heterocycles. The Bertz CT molecular complexity index is 893. The molecule has 1 atom stereocenters. The van der Waals surface area contributed by atoms with Crippen molar-refractivity contribution in [3.63, 3.8) is 0 Å². The normalized spacial score (nSPS) is 12.0. The van der Waals surface area contributed by atoms with Crippen LogP contribution in [0.25, 0.3) is 5.69 Å². The fraction of sp³-hybridized carbons (Fsp3) is 0.200. The molecule has 0 saturated carbocycles. The molecule has 134 valence electrons. The van der Waals surface area contributed by atoms with Gasteiger partial charge in [-0.1, -0.05) is 42.5 Å². The molecule has 0 radical (unpaired) electrons. The lowest BCUT2D eigenvalue weighted by Gasteiger charge is -2.17. The van der Waals surface area contributed by atoms with Crippen LogP contribution < -0.4 is 5.32 Å². The molecule has 0 fully saturated rings. The van der Waals surface area contributed by atoms with Gasteiger partial charge in [-0.3, -0.25) is 4.79 Å². The fourth-order valence-electron chi connectivity index (χ4n) is 2.71. The van der Waals surface area contributed by atoms with Crippen LogP contribution in [0, 0.1) is 12.7 Å². The minimum atomic E-state index is -0.725. The number of halogens is 1. The third kappa shape index (κ3) is 3.65. The van der Waals surface area contributed by atoms with Crippen LogP contribution >= 0.6 is 0 Å². The van der Waals surface area contributed by atoms with Gasteiger partial charge in [-0.05, 0) is 31.5 Å². The van der Waals surface area contributed by atoms with Gasteiger partial charge in [-0.15, -0.1) is 0 Å². The number of ether oxygens (including phenoxy) is 1. The summed E-state index contributed by atoms with van der Waals surface area (Å²) in [6, 6.07) is 15.6. The Balaban J connectivity index is 1.84. The Labute approximate surface area is 151 Å². The van der Waals surface area contributed by atoms with Gasteiger partial charge >= 0.3 is 0 Å². The Hall–Kier alpha value is -2.99. The van der Waals surface area contributed by atoms with Crippen molar-refractivity contribution in [2.75, 3.05) is 11.9 Å². The lowest BCUT2D eigenvalue weighted by molar-refractivity contribution is -0.127. The highest BCUT2D eigenvalue weighted by atomic mass is 19.1. The summed E-state index contributed by atoms with van der Waals surface area (Å²) < 4.78 is 21.1. The average molecular weight is 353 g/mol. The molecule has 3 aromatic rings. The van der Waals surface area contributed by atoms with Crippen molar-refractivity contribution in [1.82, 2.24) is 9.78 Å². The summed E-state index contributed by atoms with van der Waals surface area (Å²) in [6.07, 6.45) is 0.783. The Morgan fingerprint density at radius 1 is 1.19 bits per heavy atom. The zero-order chi connectivity index (χ0) is 18.5. The number of carbonyl (C=O) groups is 1. The number of aromatic nitrogens is 2. The van der Waals surface area contributed by atoms with Crippen molar-refractivity contribution < 1.29 is 13.9 Å². The maximum atomic E-state index is 14.0. The Morgan fingerprint density at radius 3 is 2.58 bits per heavy atom. The van der Waals surface area contributed by atoms with E-state index in [2.05, 4.69) is 10.4 Å². The first-order valence-electron chi connectivity index (χ1n) is 8.38. The van der Waals surface area contributed by atoms with E-state index in [1.165, 1.54) is 16.9 Å². The lowest BCUT2D eigenvalue weighted by atomic mass is 10.1. The third-order valence-corrected chi connectivity index (χ3v) is 4.02. The minimum Gasteiger partial charge on any atom is -0.364 e. The smallest absolute Gasteiger partial charge is 0.258 e. The first-order valence-corrected chi connectivity index (χ1v) is 8.38. The minimum absolute atomic E-state index is 0.297. The van der Waals surface area contributed by atoms with E-state index in [0.717, 1.165) is 5.56 Å². The van der Waals surface area contributed by atoms with Gasteiger partial charge in [0.05, 0.1) is 17.6 Å². The van der Waals surface area contributed by atoms with Gasteiger partial charge in [0, 0.05) is 6.61 Å². The van der Waals surface area contributed by atoms with Crippen LogP contribution in [0.1, 0.15) is 24.3 Å². The number of hydrogen-bond acceptors (Lipinski definition) is 3. The number of nitrogens with one attached hydrogen (secondary N) is 1. The number of carbonyl (C=O) groups excluding carboxylic acids is 1. The number of para-hydroxylation sites is 1. The van der Waals surface area contributed by atoms with Gasteiger partial charge in [0.25, 0.3) is 5.91 Å². The van der Waals surface area contributed by atoms with E-state index in [-0.39, 0.29) is 11.7 Å². The quantitative estimate of drug-likeness (QED) is 0.728. The van der Waals surface area contributed by atoms with Crippen LogP contribution in [0.2, 0.25) is 0 Å².